The number of benzene rings is 2. The maximum Gasteiger partial charge on any atom is 0.318 e. The van der Waals surface area contributed by atoms with E-state index in [0.29, 0.717) is 19.6 Å². The van der Waals surface area contributed by atoms with Crippen LogP contribution in [0, 0.1) is 0 Å². The Morgan fingerprint density at radius 1 is 0.939 bits per heavy atom. The van der Waals surface area contributed by atoms with E-state index in [1.807, 2.05) is 74.5 Å². The molecule has 1 atom stereocenters. The molecular weight excluding hydrogens is 414 g/mol. The third kappa shape index (κ3) is 7.52. The molecule has 2 aromatic carbocycles. The molecule has 0 spiro atoms. The number of nitrogens with one attached hydrogen (secondary N) is 1. The van der Waals surface area contributed by atoms with E-state index in [0.717, 1.165) is 29.7 Å². The van der Waals surface area contributed by atoms with E-state index in [2.05, 4.69) is 17.4 Å². The summed E-state index contributed by atoms with van der Waals surface area (Å²) in [5.41, 5.74) is 2.18. The van der Waals surface area contributed by atoms with Gasteiger partial charge in [0.2, 0.25) is 5.91 Å². The first-order chi connectivity index (χ1) is 16.1. The lowest BCUT2D eigenvalue weighted by Crippen LogP contribution is -2.50. The van der Waals surface area contributed by atoms with Crippen molar-refractivity contribution in [1.29, 1.82) is 0 Å². The molecule has 3 aromatic rings. The Hall–Kier alpha value is -3.54. The number of hydrogen-bond donors (Lipinski definition) is 1. The van der Waals surface area contributed by atoms with Crippen LogP contribution in [-0.2, 0) is 24.3 Å². The molecule has 0 saturated heterocycles. The lowest BCUT2D eigenvalue weighted by molar-refractivity contribution is -0.133. The van der Waals surface area contributed by atoms with E-state index in [9.17, 15) is 9.59 Å². The second kappa shape index (κ2) is 12.5. The molecule has 3 rings (SSSR count). The van der Waals surface area contributed by atoms with Crippen molar-refractivity contribution in [2.24, 2.45) is 0 Å². The van der Waals surface area contributed by atoms with E-state index in [1.165, 1.54) is 0 Å². The largest absolute Gasteiger partial charge is 0.467 e. The summed E-state index contributed by atoms with van der Waals surface area (Å²) in [6.45, 7) is 5.34. The Kier molecular flexibility index (Phi) is 9.12. The topological polar surface area (TPSA) is 65.8 Å². The Morgan fingerprint density at radius 3 is 2.21 bits per heavy atom. The molecule has 1 N–H and O–H groups in total. The van der Waals surface area contributed by atoms with Gasteiger partial charge in [-0.1, -0.05) is 67.6 Å². The summed E-state index contributed by atoms with van der Waals surface area (Å²) in [4.78, 5) is 29.8. The number of rotatable bonds is 11. The van der Waals surface area contributed by atoms with E-state index < -0.39 is 0 Å². The summed E-state index contributed by atoms with van der Waals surface area (Å²) in [5.74, 6) is 0.623. The van der Waals surface area contributed by atoms with Gasteiger partial charge in [0.25, 0.3) is 0 Å². The normalized spacial score (nSPS) is 11.6. The lowest BCUT2D eigenvalue weighted by Gasteiger charge is -2.31. The van der Waals surface area contributed by atoms with Crippen molar-refractivity contribution in [3.8, 4) is 0 Å². The van der Waals surface area contributed by atoms with Crippen molar-refractivity contribution in [1.82, 2.24) is 15.1 Å². The molecule has 0 bridgehead atoms. The molecule has 3 amide bonds. The van der Waals surface area contributed by atoms with Gasteiger partial charge in [-0.25, -0.2) is 4.79 Å². The molecule has 1 aromatic heterocycles. The van der Waals surface area contributed by atoms with Gasteiger partial charge in [0.15, 0.2) is 0 Å². The van der Waals surface area contributed by atoms with Crippen LogP contribution in [0.1, 0.15) is 37.2 Å². The molecule has 6 nitrogen and oxygen atoms in total. The van der Waals surface area contributed by atoms with Gasteiger partial charge in [0.05, 0.1) is 12.8 Å². The van der Waals surface area contributed by atoms with Crippen molar-refractivity contribution < 1.29 is 14.0 Å². The van der Waals surface area contributed by atoms with Gasteiger partial charge in [-0.05, 0) is 43.0 Å². The molecule has 174 valence electrons. The molecule has 0 saturated carbocycles. The lowest BCUT2D eigenvalue weighted by atomic mass is 10.1. The van der Waals surface area contributed by atoms with Crippen LogP contribution in [0.3, 0.4) is 0 Å². The van der Waals surface area contributed by atoms with E-state index in [1.54, 1.807) is 16.1 Å². The molecule has 0 aliphatic carbocycles. The predicted molar refractivity (Wildman–Crippen MR) is 129 cm³/mol. The SMILES string of the molecule is CCC(C)N(CC(=O)N(CCc1ccccc1)Cc1ccco1)C(=O)NCc1ccccc1. The maximum atomic E-state index is 13.4. The fraction of sp³-hybridized carbons (Fsp3) is 0.333. The second-order valence-corrected chi connectivity index (χ2v) is 8.16. The number of carbonyl (C=O) groups is 2. The van der Waals surface area contributed by atoms with Crippen LogP contribution in [0.5, 0.6) is 0 Å². The van der Waals surface area contributed by atoms with Crippen molar-refractivity contribution in [2.75, 3.05) is 13.1 Å². The van der Waals surface area contributed by atoms with Gasteiger partial charge in [-0.15, -0.1) is 0 Å². The highest BCUT2D eigenvalue weighted by Crippen LogP contribution is 2.11. The van der Waals surface area contributed by atoms with Crippen LogP contribution in [0.4, 0.5) is 4.79 Å². The van der Waals surface area contributed by atoms with Crippen LogP contribution >= 0.6 is 0 Å². The number of nitrogens with zero attached hydrogens (tertiary/aromatic N) is 2. The van der Waals surface area contributed by atoms with Gasteiger partial charge in [-0.2, -0.15) is 0 Å². The van der Waals surface area contributed by atoms with Crippen LogP contribution < -0.4 is 5.32 Å². The summed E-state index contributed by atoms with van der Waals surface area (Å²) >= 11 is 0. The minimum atomic E-state index is -0.234. The zero-order valence-electron chi connectivity index (χ0n) is 19.4. The summed E-state index contributed by atoms with van der Waals surface area (Å²) in [7, 11) is 0. The Balaban J connectivity index is 1.67. The van der Waals surface area contributed by atoms with Gasteiger partial charge < -0.3 is 19.5 Å². The van der Waals surface area contributed by atoms with Gasteiger partial charge in [0.1, 0.15) is 12.3 Å². The number of hydrogen-bond acceptors (Lipinski definition) is 3. The fourth-order valence-electron chi connectivity index (χ4n) is 3.56. The van der Waals surface area contributed by atoms with Crippen LogP contribution in [-0.4, -0.2) is 40.9 Å². The van der Waals surface area contributed by atoms with Gasteiger partial charge in [0, 0.05) is 19.1 Å². The molecule has 0 fully saturated rings. The summed E-state index contributed by atoms with van der Waals surface area (Å²) in [5, 5.41) is 2.96. The average Bonchev–Trinajstić information content (AvgIpc) is 3.37. The van der Waals surface area contributed by atoms with E-state index >= 15 is 0 Å². The van der Waals surface area contributed by atoms with Crippen LogP contribution in [0.2, 0.25) is 0 Å². The fourth-order valence-corrected chi connectivity index (χ4v) is 3.56. The molecule has 1 heterocycles. The van der Waals surface area contributed by atoms with Crippen LogP contribution in [0.25, 0.3) is 0 Å². The third-order valence-electron chi connectivity index (χ3n) is 5.77. The first kappa shape index (κ1) is 24.1. The minimum absolute atomic E-state index is 0.0190. The molecule has 0 aliphatic heterocycles. The quantitative estimate of drug-likeness (QED) is 0.456. The second-order valence-electron chi connectivity index (χ2n) is 8.16. The minimum Gasteiger partial charge on any atom is -0.467 e. The number of amides is 3. The first-order valence-corrected chi connectivity index (χ1v) is 11.5. The zero-order valence-corrected chi connectivity index (χ0v) is 19.4. The first-order valence-electron chi connectivity index (χ1n) is 11.5. The predicted octanol–water partition coefficient (Wildman–Crippen LogP) is 4.86. The standard InChI is InChI=1S/C27H33N3O3/c1-3-22(2)30(27(32)28-19-24-13-8-5-9-14-24)21-26(31)29(20-25-15-10-18-33-25)17-16-23-11-6-4-7-12-23/h4-15,18,22H,3,16-17,19-21H2,1-2H3,(H,28,32). The monoisotopic (exact) mass is 447 g/mol. The van der Waals surface area contributed by atoms with Crippen molar-refractivity contribution in [3.05, 3.63) is 95.9 Å². The molecule has 33 heavy (non-hydrogen) atoms. The number of carbonyl (C=O) groups excluding carboxylic acids is 2. The van der Waals surface area contributed by atoms with Crippen molar-refractivity contribution in [2.45, 2.75) is 45.8 Å². The highest BCUT2D eigenvalue weighted by Gasteiger charge is 2.25. The Morgan fingerprint density at radius 2 is 1.61 bits per heavy atom. The molecule has 0 radical (unpaired) electrons. The number of furan rings is 1. The molecule has 1 unspecified atom stereocenters. The van der Waals surface area contributed by atoms with Crippen molar-refractivity contribution in [3.63, 3.8) is 0 Å². The highest BCUT2D eigenvalue weighted by atomic mass is 16.3. The molecule has 0 aliphatic rings. The van der Waals surface area contributed by atoms with Gasteiger partial charge in [-0.3, -0.25) is 4.79 Å². The molecule has 6 heteroatoms. The van der Waals surface area contributed by atoms with E-state index in [-0.39, 0.29) is 24.5 Å². The maximum absolute atomic E-state index is 13.4. The Labute approximate surface area is 196 Å². The Bertz CT molecular complexity index is 974. The summed E-state index contributed by atoms with van der Waals surface area (Å²) in [6, 6.07) is 23.2. The summed E-state index contributed by atoms with van der Waals surface area (Å²) in [6.07, 6.45) is 3.10. The average molecular weight is 448 g/mol. The number of urea groups is 1. The van der Waals surface area contributed by atoms with Crippen molar-refractivity contribution >= 4 is 11.9 Å². The summed E-state index contributed by atoms with van der Waals surface area (Å²) < 4.78 is 5.49. The highest BCUT2D eigenvalue weighted by molar-refractivity contribution is 5.84. The molecular formula is C27H33N3O3. The zero-order chi connectivity index (χ0) is 23.5. The smallest absolute Gasteiger partial charge is 0.318 e. The third-order valence-corrected chi connectivity index (χ3v) is 5.77. The van der Waals surface area contributed by atoms with Crippen LogP contribution in [0.15, 0.2) is 83.5 Å². The van der Waals surface area contributed by atoms with Gasteiger partial charge >= 0.3 is 6.03 Å². The van der Waals surface area contributed by atoms with E-state index in [4.69, 9.17) is 4.42 Å².